The highest BCUT2D eigenvalue weighted by Crippen LogP contribution is 2.38. The molecule has 2 unspecified atom stereocenters. The summed E-state index contributed by atoms with van der Waals surface area (Å²) in [7, 11) is 0. The van der Waals surface area contributed by atoms with Crippen molar-refractivity contribution in [3.63, 3.8) is 0 Å². The maximum absolute atomic E-state index is 11.9. The van der Waals surface area contributed by atoms with E-state index in [1.807, 2.05) is 16.7 Å². The molecule has 0 aromatic carbocycles. The minimum atomic E-state index is -0.606. The Hall–Kier alpha value is -2.42. The van der Waals surface area contributed by atoms with Gasteiger partial charge in [-0.1, -0.05) is 12.2 Å². The largest absolute Gasteiger partial charge is 0.465 e. The molecule has 2 aromatic heterocycles. The molecule has 2 heterocycles. The molecule has 0 spiro atoms. The van der Waals surface area contributed by atoms with Crippen molar-refractivity contribution in [3.05, 3.63) is 28.6 Å². The van der Waals surface area contributed by atoms with Gasteiger partial charge in [0.15, 0.2) is 0 Å². The van der Waals surface area contributed by atoms with Crippen molar-refractivity contribution in [2.75, 3.05) is 12.3 Å². The summed E-state index contributed by atoms with van der Waals surface area (Å²) in [6, 6.07) is -0.0650. The Bertz CT molecular complexity index is 860. The fourth-order valence-corrected chi connectivity index (χ4v) is 3.77. The van der Waals surface area contributed by atoms with Gasteiger partial charge in [-0.3, -0.25) is 9.59 Å². The highest BCUT2D eigenvalue weighted by molar-refractivity contribution is 9.10. The number of hydrogen-bond donors (Lipinski definition) is 2. The molecule has 0 bridgehead atoms. The Morgan fingerprint density at radius 1 is 1.42 bits per heavy atom. The summed E-state index contributed by atoms with van der Waals surface area (Å²) in [5, 5.41) is 0.439. The highest BCUT2D eigenvalue weighted by atomic mass is 79.9. The molecule has 1 amide bonds. The second kappa shape index (κ2) is 6.23. The Balaban J connectivity index is 2.01. The zero-order valence-electron chi connectivity index (χ0n) is 12.9. The number of carbonyl (C=O) groups excluding carboxylic acids is 2. The van der Waals surface area contributed by atoms with Crippen LogP contribution >= 0.6 is 15.9 Å². The molecule has 3 rings (SSSR count). The van der Waals surface area contributed by atoms with E-state index in [1.165, 1.54) is 13.3 Å². The molecule has 0 aliphatic heterocycles. The Kier molecular flexibility index (Phi) is 4.27. The molecule has 8 nitrogen and oxygen atoms in total. The maximum atomic E-state index is 11.9. The lowest BCUT2D eigenvalue weighted by Gasteiger charge is -2.16. The van der Waals surface area contributed by atoms with Crippen molar-refractivity contribution < 1.29 is 14.3 Å². The van der Waals surface area contributed by atoms with Crippen molar-refractivity contribution in [3.8, 4) is 0 Å². The van der Waals surface area contributed by atoms with E-state index >= 15 is 0 Å². The van der Waals surface area contributed by atoms with Gasteiger partial charge >= 0.3 is 5.97 Å². The second-order valence-corrected chi connectivity index (χ2v) is 6.36. The predicted octanol–water partition coefficient (Wildman–Crippen LogP) is 1.56. The quantitative estimate of drug-likeness (QED) is 0.599. The molecule has 1 aliphatic rings. The molecule has 126 valence electrons. The number of nitrogens with zero attached hydrogens (tertiary/aromatic N) is 3. The molecular formula is C15H16BrN5O3. The molecule has 0 saturated carbocycles. The van der Waals surface area contributed by atoms with Crippen LogP contribution in [0, 0.1) is 5.92 Å². The van der Waals surface area contributed by atoms with Gasteiger partial charge < -0.3 is 20.8 Å². The minimum absolute atomic E-state index is 0.0650. The fraction of sp³-hybridized carbons (Fsp3) is 0.333. The van der Waals surface area contributed by atoms with E-state index in [-0.39, 0.29) is 29.3 Å². The number of ether oxygens (including phenoxy) is 1. The van der Waals surface area contributed by atoms with Crippen LogP contribution in [0.1, 0.15) is 29.7 Å². The van der Waals surface area contributed by atoms with E-state index in [1.54, 1.807) is 0 Å². The summed E-state index contributed by atoms with van der Waals surface area (Å²) >= 11 is 3.44. The summed E-state index contributed by atoms with van der Waals surface area (Å²) in [5.41, 5.74) is 12.2. The van der Waals surface area contributed by atoms with Crippen LogP contribution < -0.4 is 11.5 Å². The van der Waals surface area contributed by atoms with Gasteiger partial charge in [0.2, 0.25) is 0 Å². The van der Waals surface area contributed by atoms with E-state index in [9.17, 15) is 9.59 Å². The van der Waals surface area contributed by atoms with Crippen LogP contribution in [-0.2, 0) is 9.53 Å². The molecule has 1 aliphatic carbocycles. The summed E-state index contributed by atoms with van der Waals surface area (Å²) < 4.78 is 7.43. The molecule has 0 radical (unpaired) electrons. The molecule has 9 heteroatoms. The molecule has 24 heavy (non-hydrogen) atoms. The van der Waals surface area contributed by atoms with Crippen LogP contribution in [0.2, 0.25) is 0 Å². The first-order chi connectivity index (χ1) is 11.4. The first-order valence-electron chi connectivity index (χ1n) is 7.31. The van der Waals surface area contributed by atoms with Gasteiger partial charge in [0.05, 0.1) is 23.6 Å². The van der Waals surface area contributed by atoms with Crippen molar-refractivity contribution in [1.82, 2.24) is 14.5 Å². The predicted molar refractivity (Wildman–Crippen MR) is 91.1 cm³/mol. The van der Waals surface area contributed by atoms with E-state index < -0.39 is 5.91 Å². The standard InChI is InChI=1S/C15H16BrN5O3/c1-7(22)24-5-8-2-3-9(4-8)21-12(16)10(14(18)23)11-13(17)19-6-20-15(11)21/h2-3,6,8-9H,4-5H2,1H3,(H2,18,23)(H2,17,19,20). The van der Waals surface area contributed by atoms with Gasteiger partial charge in [0, 0.05) is 12.8 Å². The monoisotopic (exact) mass is 393 g/mol. The Labute approximate surface area is 146 Å². The average molecular weight is 394 g/mol. The number of allylic oxidation sites excluding steroid dienone is 1. The van der Waals surface area contributed by atoms with Crippen LogP contribution in [0.15, 0.2) is 23.1 Å². The number of primary amides is 1. The van der Waals surface area contributed by atoms with Gasteiger partial charge in [-0.25, -0.2) is 9.97 Å². The van der Waals surface area contributed by atoms with Gasteiger partial charge in [-0.2, -0.15) is 0 Å². The number of anilines is 1. The third kappa shape index (κ3) is 2.75. The number of nitrogen functional groups attached to an aromatic ring is 1. The lowest BCUT2D eigenvalue weighted by molar-refractivity contribution is -0.141. The number of fused-ring (bicyclic) bond motifs is 1. The van der Waals surface area contributed by atoms with E-state index in [0.29, 0.717) is 28.7 Å². The molecule has 2 aromatic rings. The number of esters is 1. The summed E-state index contributed by atoms with van der Waals surface area (Å²) in [4.78, 5) is 31.0. The van der Waals surface area contributed by atoms with Gasteiger partial charge in [0.25, 0.3) is 5.91 Å². The normalized spacial score (nSPS) is 19.8. The molecule has 0 saturated heterocycles. The van der Waals surface area contributed by atoms with Crippen molar-refractivity contribution >= 4 is 44.7 Å². The maximum Gasteiger partial charge on any atom is 0.302 e. The smallest absolute Gasteiger partial charge is 0.302 e. The Morgan fingerprint density at radius 3 is 2.83 bits per heavy atom. The minimum Gasteiger partial charge on any atom is -0.465 e. The lowest BCUT2D eigenvalue weighted by Crippen LogP contribution is -2.14. The van der Waals surface area contributed by atoms with Crippen LogP contribution in [0.3, 0.4) is 0 Å². The van der Waals surface area contributed by atoms with Crippen LogP contribution in [0.4, 0.5) is 5.82 Å². The van der Waals surface area contributed by atoms with Crippen molar-refractivity contribution in [2.24, 2.45) is 11.7 Å². The number of amides is 1. The number of nitrogens with two attached hydrogens (primary N) is 2. The SMILES string of the molecule is CC(=O)OCC1C=CC(n2c(Br)c(C(N)=O)c3c(N)ncnc32)C1. The lowest BCUT2D eigenvalue weighted by atomic mass is 10.1. The average Bonchev–Trinajstić information content (AvgIpc) is 3.07. The number of halogens is 1. The number of hydrogen-bond acceptors (Lipinski definition) is 6. The summed E-state index contributed by atoms with van der Waals surface area (Å²) in [6.45, 7) is 1.70. The Morgan fingerprint density at radius 2 is 2.17 bits per heavy atom. The number of aromatic nitrogens is 3. The zero-order valence-corrected chi connectivity index (χ0v) is 14.5. The van der Waals surface area contributed by atoms with E-state index in [2.05, 4.69) is 25.9 Å². The molecule has 4 N–H and O–H groups in total. The first kappa shape index (κ1) is 16.4. The van der Waals surface area contributed by atoms with Gasteiger partial charge in [-0.15, -0.1) is 0 Å². The fourth-order valence-electron chi connectivity index (χ4n) is 2.95. The van der Waals surface area contributed by atoms with Crippen LogP contribution in [0.5, 0.6) is 0 Å². The molecular weight excluding hydrogens is 378 g/mol. The number of carbonyl (C=O) groups is 2. The summed E-state index contributed by atoms with van der Waals surface area (Å²) in [5.74, 6) is -0.618. The summed E-state index contributed by atoms with van der Waals surface area (Å²) in [6.07, 6.45) is 6.03. The van der Waals surface area contributed by atoms with Crippen LogP contribution in [0.25, 0.3) is 11.0 Å². The molecule has 2 atom stereocenters. The first-order valence-corrected chi connectivity index (χ1v) is 8.10. The van der Waals surface area contributed by atoms with Crippen LogP contribution in [-0.4, -0.2) is 33.0 Å². The van der Waals surface area contributed by atoms with Gasteiger partial charge in [-0.05, 0) is 22.4 Å². The van der Waals surface area contributed by atoms with E-state index in [4.69, 9.17) is 16.2 Å². The van der Waals surface area contributed by atoms with Crippen molar-refractivity contribution in [2.45, 2.75) is 19.4 Å². The topological polar surface area (TPSA) is 126 Å². The second-order valence-electron chi connectivity index (χ2n) is 5.61. The molecule has 0 fully saturated rings. The van der Waals surface area contributed by atoms with Crippen molar-refractivity contribution in [1.29, 1.82) is 0 Å². The van der Waals surface area contributed by atoms with E-state index in [0.717, 1.165) is 0 Å². The third-order valence-corrected chi connectivity index (χ3v) is 4.76. The highest BCUT2D eigenvalue weighted by Gasteiger charge is 2.29. The number of rotatable bonds is 4. The zero-order chi connectivity index (χ0) is 17.4. The van der Waals surface area contributed by atoms with Gasteiger partial charge in [0.1, 0.15) is 22.4 Å². The third-order valence-electron chi connectivity index (χ3n) is 3.98.